The fourth-order valence-electron chi connectivity index (χ4n) is 1.09. The van der Waals surface area contributed by atoms with E-state index in [0.717, 1.165) is 17.7 Å². The second-order valence-electron chi connectivity index (χ2n) is 3.19. The van der Waals surface area contributed by atoms with E-state index >= 15 is 0 Å². The summed E-state index contributed by atoms with van der Waals surface area (Å²) in [5.41, 5.74) is 3.54. The third-order valence-electron chi connectivity index (χ3n) is 1.81. The van der Waals surface area contributed by atoms with Gasteiger partial charge in [-0.1, -0.05) is 23.7 Å². The van der Waals surface area contributed by atoms with Crippen LogP contribution >= 0.6 is 11.6 Å². The van der Waals surface area contributed by atoms with Gasteiger partial charge in [0.1, 0.15) is 5.82 Å². The molecule has 0 aliphatic rings. The molecule has 0 fully saturated rings. The van der Waals surface area contributed by atoms with Gasteiger partial charge in [-0.15, -0.1) is 0 Å². The van der Waals surface area contributed by atoms with E-state index in [-0.39, 0.29) is 5.82 Å². The lowest BCUT2D eigenvalue weighted by molar-refractivity contribution is 0.622. The Kier molecular flexibility index (Phi) is 4.63. The van der Waals surface area contributed by atoms with Crippen LogP contribution in [0.5, 0.6) is 0 Å². The van der Waals surface area contributed by atoms with Crippen LogP contribution in [0.25, 0.3) is 0 Å². The van der Waals surface area contributed by atoms with Crippen LogP contribution in [0.1, 0.15) is 12.5 Å². The van der Waals surface area contributed by atoms with E-state index in [1.54, 1.807) is 11.6 Å². The van der Waals surface area contributed by atoms with E-state index in [1.165, 1.54) is 12.1 Å². The van der Waals surface area contributed by atoms with Crippen LogP contribution < -0.4 is 5.32 Å². The van der Waals surface area contributed by atoms with Gasteiger partial charge in [0.25, 0.3) is 0 Å². The summed E-state index contributed by atoms with van der Waals surface area (Å²) < 4.78 is 12.8. The number of benzene rings is 1. The van der Waals surface area contributed by atoms with E-state index in [4.69, 9.17) is 11.6 Å². The molecule has 0 spiro atoms. The Hall–Kier alpha value is -0.860. The first-order chi connectivity index (χ1) is 6.72. The predicted octanol–water partition coefficient (Wildman–Crippen LogP) is 3.06. The van der Waals surface area contributed by atoms with Crippen LogP contribution in [0.3, 0.4) is 0 Å². The van der Waals surface area contributed by atoms with Gasteiger partial charge in [0.15, 0.2) is 0 Å². The zero-order chi connectivity index (χ0) is 10.4. The molecule has 3 heteroatoms. The van der Waals surface area contributed by atoms with Crippen molar-refractivity contribution in [3.05, 3.63) is 46.8 Å². The Morgan fingerprint density at radius 3 is 3.00 bits per heavy atom. The molecule has 1 aromatic rings. The third kappa shape index (κ3) is 3.90. The number of rotatable bonds is 4. The zero-order valence-electron chi connectivity index (χ0n) is 8.06. The lowest BCUT2D eigenvalue weighted by atomic mass is 10.2. The topological polar surface area (TPSA) is 12.0 Å². The lowest BCUT2D eigenvalue weighted by Gasteiger charge is -2.04. The van der Waals surface area contributed by atoms with Crippen molar-refractivity contribution in [3.8, 4) is 0 Å². The van der Waals surface area contributed by atoms with Crippen molar-refractivity contribution < 1.29 is 4.39 Å². The molecule has 0 aliphatic heterocycles. The van der Waals surface area contributed by atoms with Crippen molar-refractivity contribution >= 4 is 11.6 Å². The number of hydrogen-bond donors (Lipinski definition) is 1. The molecule has 1 aromatic carbocycles. The first-order valence-electron chi connectivity index (χ1n) is 4.43. The highest BCUT2D eigenvalue weighted by Gasteiger charge is 1.94. The maximum absolute atomic E-state index is 12.8. The second-order valence-corrected chi connectivity index (χ2v) is 3.41. The monoisotopic (exact) mass is 213 g/mol. The molecule has 0 heterocycles. The first kappa shape index (κ1) is 11.2. The molecule has 0 atom stereocenters. The van der Waals surface area contributed by atoms with Gasteiger partial charge < -0.3 is 5.32 Å². The van der Waals surface area contributed by atoms with E-state index in [9.17, 15) is 4.39 Å². The van der Waals surface area contributed by atoms with E-state index in [2.05, 4.69) is 5.32 Å². The zero-order valence-corrected chi connectivity index (χ0v) is 8.81. The molecule has 1 rings (SSSR count). The van der Waals surface area contributed by atoms with Gasteiger partial charge in [-0.3, -0.25) is 0 Å². The Morgan fingerprint density at radius 1 is 1.57 bits per heavy atom. The Bertz CT molecular complexity index is 323. The molecule has 1 nitrogen and oxygen atoms in total. The van der Waals surface area contributed by atoms with Gasteiger partial charge in [0.2, 0.25) is 0 Å². The summed E-state index contributed by atoms with van der Waals surface area (Å²) in [6.07, 6.45) is 0. The summed E-state index contributed by atoms with van der Waals surface area (Å²) in [4.78, 5) is 0. The average Bonchev–Trinajstić information content (AvgIpc) is 2.17. The fraction of sp³-hybridized carbons (Fsp3) is 0.273. The summed E-state index contributed by atoms with van der Waals surface area (Å²) in [7, 11) is 0. The van der Waals surface area contributed by atoms with Crippen LogP contribution in [0.2, 0.25) is 0 Å². The molecule has 0 unspecified atom stereocenters. The van der Waals surface area contributed by atoms with Gasteiger partial charge in [-0.05, 0) is 30.2 Å². The highest BCUT2D eigenvalue weighted by atomic mass is 35.5. The van der Waals surface area contributed by atoms with Crippen molar-refractivity contribution in [1.29, 1.82) is 0 Å². The predicted molar refractivity (Wildman–Crippen MR) is 57.7 cm³/mol. The minimum Gasteiger partial charge on any atom is -0.309 e. The number of hydrogen-bond acceptors (Lipinski definition) is 1. The minimum atomic E-state index is -0.200. The molecular weight excluding hydrogens is 201 g/mol. The highest BCUT2D eigenvalue weighted by molar-refractivity contribution is 6.25. The molecule has 0 aliphatic carbocycles. The highest BCUT2D eigenvalue weighted by Crippen LogP contribution is 2.03. The SMILES string of the molecule is C/C(=C/Cl)CNCc1cccc(F)c1. The molecule has 0 bridgehead atoms. The Morgan fingerprint density at radius 2 is 2.36 bits per heavy atom. The molecule has 0 radical (unpaired) electrons. The normalized spacial score (nSPS) is 11.8. The van der Waals surface area contributed by atoms with Crippen molar-refractivity contribution in [2.24, 2.45) is 0 Å². The van der Waals surface area contributed by atoms with Crippen molar-refractivity contribution in [2.45, 2.75) is 13.5 Å². The van der Waals surface area contributed by atoms with Crippen LogP contribution in [-0.2, 0) is 6.54 Å². The summed E-state index contributed by atoms with van der Waals surface area (Å²) in [6.45, 7) is 3.31. The average molecular weight is 214 g/mol. The van der Waals surface area contributed by atoms with E-state index in [1.807, 2.05) is 13.0 Å². The smallest absolute Gasteiger partial charge is 0.123 e. The van der Waals surface area contributed by atoms with Gasteiger partial charge in [-0.2, -0.15) is 0 Å². The van der Waals surface area contributed by atoms with Gasteiger partial charge in [-0.25, -0.2) is 4.39 Å². The molecule has 0 saturated heterocycles. The van der Waals surface area contributed by atoms with Gasteiger partial charge >= 0.3 is 0 Å². The number of halogens is 2. The summed E-state index contributed by atoms with van der Waals surface area (Å²) in [5, 5.41) is 3.16. The van der Waals surface area contributed by atoms with Crippen molar-refractivity contribution in [3.63, 3.8) is 0 Å². The second kappa shape index (κ2) is 5.78. The van der Waals surface area contributed by atoms with Crippen LogP contribution in [0.4, 0.5) is 4.39 Å². The van der Waals surface area contributed by atoms with Crippen LogP contribution in [0, 0.1) is 5.82 Å². The molecule has 14 heavy (non-hydrogen) atoms. The lowest BCUT2D eigenvalue weighted by Crippen LogP contribution is -2.15. The molecule has 0 amide bonds. The molecule has 0 aromatic heterocycles. The van der Waals surface area contributed by atoms with Gasteiger partial charge in [0.05, 0.1) is 0 Å². The van der Waals surface area contributed by atoms with Crippen molar-refractivity contribution in [1.82, 2.24) is 5.32 Å². The van der Waals surface area contributed by atoms with E-state index < -0.39 is 0 Å². The third-order valence-corrected chi connectivity index (χ3v) is 2.18. The van der Waals surface area contributed by atoms with Crippen LogP contribution in [-0.4, -0.2) is 6.54 Å². The summed E-state index contributed by atoms with van der Waals surface area (Å²) in [6, 6.07) is 6.55. The molecule has 76 valence electrons. The summed E-state index contributed by atoms with van der Waals surface area (Å²) in [5.74, 6) is -0.200. The Balaban J connectivity index is 2.39. The molecular formula is C11H13ClFN. The molecule has 1 N–H and O–H groups in total. The number of nitrogens with one attached hydrogen (secondary N) is 1. The quantitative estimate of drug-likeness (QED) is 0.811. The fourth-order valence-corrected chi connectivity index (χ4v) is 1.17. The van der Waals surface area contributed by atoms with Crippen LogP contribution in [0.15, 0.2) is 35.4 Å². The summed E-state index contributed by atoms with van der Waals surface area (Å²) >= 11 is 5.50. The standard InChI is InChI=1S/C11H13ClFN/c1-9(6-12)7-14-8-10-3-2-4-11(13)5-10/h2-6,14H,7-8H2,1H3/b9-6-. The Labute approximate surface area is 88.6 Å². The van der Waals surface area contributed by atoms with Crippen molar-refractivity contribution in [2.75, 3.05) is 6.54 Å². The molecule has 0 saturated carbocycles. The largest absolute Gasteiger partial charge is 0.309 e. The maximum atomic E-state index is 12.8. The van der Waals surface area contributed by atoms with Gasteiger partial charge in [0, 0.05) is 18.6 Å². The van der Waals surface area contributed by atoms with E-state index in [0.29, 0.717) is 6.54 Å². The maximum Gasteiger partial charge on any atom is 0.123 e. The minimum absolute atomic E-state index is 0.200. The first-order valence-corrected chi connectivity index (χ1v) is 4.87.